The molecule has 37 heavy (non-hydrogen) atoms. The molecule has 0 unspecified atom stereocenters. The number of aliphatic carboxylic acids is 1. The highest BCUT2D eigenvalue weighted by Crippen LogP contribution is 2.41. The first kappa shape index (κ1) is 27.5. The largest absolute Gasteiger partial charge is 0.507 e. The number of amides is 2. The number of carbonyl (C=O) groups excluding carboxylic acids is 2. The smallest absolute Gasteiger partial charge is 0.322 e. The molecule has 0 radical (unpaired) electrons. The van der Waals surface area contributed by atoms with Crippen LogP contribution in [0.15, 0.2) is 48.5 Å². The third kappa shape index (κ3) is 7.69. The molecular formula is C24H21Cl2FN4O6. The van der Waals surface area contributed by atoms with Crippen LogP contribution in [-0.4, -0.2) is 52.6 Å². The van der Waals surface area contributed by atoms with Crippen LogP contribution < -0.4 is 20.7 Å². The number of carbonyl (C=O) groups is 3. The second-order valence-electron chi connectivity index (χ2n) is 7.50. The van der Waals surface area contributed by atoms with E-state index in [1.54, 1.807) is 0 Å². The van der Waals surface area contributed by atoms with E-state index in [9.17, 15) is 23.9 Å². The average molecular weight is 551 g/mol. The zero-order valence-corrected chi connectivity index (χ0v) is 20.6. The molecule has 0 spiro atoms. The average Bonchev–Trinajstić information content (AvgIpc) is 2.88. The van der Waals surface area contributed by atoms with Gasteiger partial charge in [0.15, 0.2) is 11.6 Å². The van der Waals surface area contributed by atoms with Crippen LogP contribution in [0.2, 0.25) is 10.0 Å². The van der Waals surface area contributed by atoms with Gasteiger partial charge in [0.05, 0.1) is 12.1 Å². The van der Waals surface area contributed by atoms with Crippen LogP contribution in [-0.2, 0) is 16.0 Å². The van der Waals surface area contributed by atoms with E-state index in [4.69, 9.17) is 33.0 Å². The molecule has 2 amide bonds. The van der Waals surface area contributed by atoms with Crippen molar-refractivity contribution in [3.8, 4) is 17.2 Å². The van der Waals surface area contributed by atoms with Crippen molar-refractivity contribution < 1.29 is 33.7 Å². The van der Waals surface area contributed by atoms with E-state index in [2.05, 4.69) is 20.9 Å². The molecule has 0 saturated heterocycles. The number of phenols is 1. The van der Waals surface area contributed by atoms with Gasteiger partial charge in [-0.25, -0.2) is 0 Å². The van der Waals surface area contributed by atoms with Gasteiger partial charge in [-0.05, 0) is 30.2 Å². The predicted molar refractivity (Wildman–Crippen MR) is 134 cm³/mol. The van der Waals surface area contributed by atoms with Crippen molar-refractivity contribution >= 4 is 46.8 Å². The van der Waals surface area contributed by atoms with Crippen LogP contribution in [0.3, 0.4) is 0 Å². The molecule has 194 valence electrons. The molecule has 0 atom stereocenters. The topological polar surface area (TPSA) is 150 Å². The normalized spacial score (nSPS) is 10.5. The summed E-state index contributed by atoms with van der Waals surface area (Å²) in [4.78, 5) is 38.4. The number of pyridine rings is 1. The fraction of sp³-hybridized carbons (Fsp3) is 0.167. The highest BCUT2D eigenvalue weighted by Gasteiger charge is 2.21. The molecule has 0 aliphatic carbocycles. The highest BCUT2D eigenvalue weighted by molar-refractivity contribution is 6.38. The van der Waals surface area contributed by atoms with Crippen molar-refractivity contribution in [3.05, 3.63) is 75.7 Å². The van der Waals surface area contributed by atoms with Crippen LogP contribution in [0.25, 0.3) is 0 Å². The van der Waals surface area contributed by atoms with Gasteiger partial charge in [0.25, 0.3) is 5.91 Å². The van der Waals surface area contributed by atoms with Crippen LogP contribution in [0.5, 0.6) is 17.2 Å². The number of aromatic hydroxyl groups is 1. The van der Waals surface area contributed by atoms with E-state index >= 15 is 0 Å². The Balaban J connectivity index is 1.73. The van der Waals surface area contributed by atoms with E-state index in [0.717, 1.165) is 5.56 Å². The van der Waals surface area contributed by atoms with Crippen molar-refractivity contribution in [3.63, 3.8) is 0 Å². The monoisotopic (exact) mass is 550 g/mol. The van der Waals surface area contributed by atoms with E-state index in [1.807, 2.05) is 30.3 Å². The molecule has 0 aliphatic rings. The van der Waals surface area contributed by atoms with E-state index < -0.39 is 41.8 Å². The molecule has 5 N–H and O–H groups in total. The fourth-order valence-corrected chi connectivity index (χ4v) is 3.51. The first-order valence-corrected chi connectivity index (χ1v) is 11.5. The summed E-state index contributed by atoms with van der Waals surface area (Å²) in [5, 5.41) is 25.2. The minimum atomic E-state index is -1.24. The van der Waals surface area contributed by atoms with Crippen LogP contribution in [0, 0.1) is 5.95 Å². The number of rotatable bonds is 11. The van der Waals surface area contributed by atoms with E-state index in [0.29, 0.717) is 13.0 Å². The number of carboxylic acid groups (broad SMARTS) is 1. The number of halogens is 3. The van der Waals surface area contributed by atoms with E-state index in [-0.39, 0.29) is 33.7 Å². The van der Waals surface area contributed by atoms with Crippen molar-refractivity contribution in [2.45, 2.75) is 6.42 Å². The zero-order chi connectivity index (χ0) is 26.9. The third-order valence-corrected chi connectivity index (χ3v) is 5.50. The predicted octanol–water partition coefficient (Wildman–Crippen LogP) is 3.61. The number of anilines is 1. The standard InChI is InChI=1S/C24H21Cl2FN4O6/c25-19-21(20(26)23(31-22(19)27)30-11-17(33)29-12-18(34)35)37-14-6-7-16(32)15(10-14)24(36)28-9-8-13-4-2-1-3-5-13/h1-7,10,32H,8-9,11-12H2,(H,28,36)(H,29,33)(H,30,31)(H,34,35). The SMILES string of the molecule is O=C(O)CNC(=O)CNc1nc(F)c(Cl)c(Oc2ccc(O)c(C(=O)NCCc3ccccc3)c2)c1Cl. The lowest BCUT2D eigenvalue weighted by atomic mass is 10.1. The number of hydrogen-bond acceptors (Lipinski definition) is 7. The molecule has 13 heteroatoms. The summed E-state index contributed by atoms with van der Waals surface area (Å²) in [5.74, 6) is -4.62. The molecule has 0 aliphatic heterocycles. The van der Waals surface area contributed by atoms with Crippen LogP contribution in [0.1, 0.15) is 15.9 Å². The summed E-state index contributed by atoms with van der Waals surface area (Å²) in [6.07, 6.45) is 0.579. The number of aromatic nitrogens is 1. The van der Waals surface area contributed by atoms with Gasteiger partial charge >= 0.3 is 5.97 Å². The van der Waals surface area contributed by atoms with Gasteiger partial charge in [-0.1, -0.05) is 53.5 Å². The molecule has 1 heterocycles. The second-order valence-corrected chi connectivity index (χ2v) is 8.26. The van der Waals surface area contributed by atoms with Crippen LogP contribution >= 0.6 is 23.2 Å². The Morgan fingerprint density at radius 3 is 2.43 bits per heavy atom. The zero-order valence-electron chi connectivity index (χ0n) is 19.1. The Morgan fingerprint density at radius 2 is 1.73 bits per heavy atom. The summed E-state index contributed by atoms with van der Waals surface area (Å²) in [6.45, 7) is -0.753. The molecule has 1 aromatic heterocycles. The Hall–Kier alpha value is -4.09. The fourth-order valence-electron chi connectivity index (χ4n) is 3.04. The minimum absolute atomic E-state index is 0.00515. The number of phenolic OH excluding ortho intramolecular Hbond substituents is 1. The van der Waals surface area contributed by atoms with Crippen molar-refractivity contribution in [2.75, 3.05) is 25.0 Å². The molecular weight excluding hydrogens is 530 g/mol. The molecule has 10 nitrogen and oxygen atoms in total. The molecule has 0 saturated carbocycles. The first-order valence-electron chi connectivity index (χ1n) is 10.8. The number of hydrogen-bond donors (Lipinski definition) is 5. The Labute approximate surface area is 220 Å². The van der Waals surface area contributed by atoms with Gasteiger partial charge in [0.2, 0.25) is 11.9 Å². The van der Waals surface area contributed by atoms with Gasteiger partial charge in [-0.2, -0.15) is 9.37 Å². The van der Waals surface area contributed by atoms with Gasteiger partial charge in [0.1, 0.15) is 28.1 Å². The highest BCUT2D eigenvalue weighted by atomic mass is 35.5. The van der Waals surface area contributed by atoms with E-state index in [1.165, 1.54) is 18.2 Å². The number of nitrogens with one attached hydrogen (secondary N) is 3. The number of benzene rings is 2. The Kier molecular flexibility index (Phi) is 9.47. The number of ether oxygens (including phenoxy) is 1. The van der Waals surface area contributed by atoms with Crippen LogP contribution in [0.4, 0.5) is 10.2 Å². The third-order valence-electron chi connectivity index (χ3n) is 4.83. The van der Waals surface area contributed by atoms with Gasteiger partial charge in [-0.3, -0.25) is 14.4 Å². The maximum atomic E-state index is 14.3. The van der Waals surface area contributed by atoms with Crippen molar-refractivity contribution in [1.29, 1.82) is 0 Å². The Morgan fingerprint density at radius 1 is 1.00 bits per heavy atom. The molecule has 3 aromatic rings. The quantitative estimate of drug-likeness (QED) is 0.227. The first-order chi connectivity index (χ1) is 17.7. The summed E-state index contributed by atoms with van der Waals surface area (Å²) in [6, 6.07) is 13.3. The molecule has 0 bridgehead atoms. The molecule has 2 aromatic carbocycles. The summed E-state index contributed by atoms with van der Waals surface area (Å²) in [7, 11) is 0. The summed E-state index contributed by atoms with van der Waals surface area (Å²) in [5.41, 5.74) is 0.928. The summed E-state index contributed by atoms with van der Waals surface area (Å²) < 4.78 is 20.0. The van der Waals surface area contributed by atoms with Gasteiger partial charge < -0.3 is 30.9 Å². The maximum Gasteiger partial charge on any atom is 0.322 e. The minimum Gasteiger partial charge on any atom is -0.507 e. The number of nitrogens with zero attached hydrogens (tertiary/aromatic N) is 1. The maximum absolute atomic E-state index is 14.3. The van der Waals surface area contributed by atoms with Gasteiger partial charge in [0, 0.05) is 6.54 Å². The molecule has 3 rings (SSSR count). The van der Waals surface area contributed by atoms with Crippen molar-refractivity contribution in [1.82, 2.24) is 15.6 Å². The summed E-state index contributed by atoms with van der Waals surface area (Å²) >= 11 is 12.2. The Bertz CT molecular complexity index is 1310. The number of carboxylic acids is 1. The lowest BCUT2D eigenvalue weighted by Gasteiger charge is -2.15. The second kappa shape index (κ2) is 12.7. The lowest BCUT2D eigenvalue weighted by molar-refractivity contribution is -0.137. The van der Waals surface area contributed by atoms with Crippen molar-refractivity contribution in [2.24, 2.45) is 0 Å². The van der Waals surface area contributed by atoms with Gasteiger partial charge in [-0.15, -0.1) is 0 Å². The lowest BCUT2D eigenvalue weighted by Crippen LogP contribution is -2.34. The molecule has 0 fully saturated rings.